The molecule has 27 heavy (non-hydrogen) atoms. The number of benzene rings is 1. The Kier molecular flexibility index (Phi) is 5.51. The fraction of sp³-hybridized carbons (Fsp3) is 0.167. The highest BCUT2D eigenvalue weighted by atomic mass is 32.2. The Hall–Kier alpha value is -2.23. The number of halogens is 1. The highest BCUT2D eigenvalue weighted by Crippen LogP contribution is 2.31. The van der Waals surface area contributed by atoms with Gasteiger partial charge in [0.05, 0.1) is 5.69 Å². The summed E-state index contributed by atoms with van der Waals surface area (Å²) in [5, 5.41) is 15.2. The Morgan fingerprint density at radius 1 is 1.15 bits per heavy atom. The van der Waals surface area contributed by atoms with Crippen LogP contribution < -0.4 is 5.32 Å². The van der Waals surface area contributed by atoms with Gasteiger partial charge in [-0.3, -0.25) is 0 Å². The third-order valence-electron chi connectivity index (χ3n) is 3.61. The van der Waals surface area contributed by atoms with Crippen molar-refractivity contribution >= 4 is 39.6 Å². The number of rotatable bonds is 7. The lowest BCUT2D eigenvalue weighted by Crippen LogP contribution is -1.98. The normalized spacial score (nSPS) is 11.0. The zero-order valence-corrected chi connectivity index (χ0v) is 16.8. The maximum atomic E-state index is 12.9. The van der Waals surface area contributed by atoms with Crippen LogP contribution in [0.5, 0.6) is 0 Å². The van der Waals surface area contributed by atoms with E-state index in [-0.39, 0.29) is 5.82 Å². The van der Waals surface area contributed by atoms with E-state index >= 15 is 0 Å². The van der Waals surface area contributed by atoms with Gasteiger partial charge in [-0.25, -0.2) is 9.37 Å². The van der Waals surface area contributed by atoms with Gasteiger partial charge < -0.3 is 9.73 Å². The van der Waals surface area contributed by atoms with Crippen LogP contribution in [0.1, 0.15) is 17.0 Å². The quantitative estimate of drug-likeness (QED) is 0.394. The smallest absolute Gasteiger partial charge is 0.206 e. The summed E-state index contributed by atoms with van der Waals surface area (Å²) < 4.78 is 19.4. The average molecular weight is 419 g/mol. The lowest BCUT2D eigenvalue weighted by Gasteiger charge is -2.01. The minimum Gasteiger partial charge on any atom is -0.459 e. The summed E-state index contributed by atoms with van der Waals surface area (Å²) in [6, 6.07) is 10.3. The number of furan rings is 1. The number of thiazole rings is 1. The van der Waals surface area contributed by atoms with Crippen LogP contribution in [0.2, 0.25) is 0 Å². The van der Waals surface area contributed by atoms with Gasteiger partial charge >= 0.3 is 0 Å². The minimum atomic E-state index is -0.235. The summed E-state index contributed by atoms with van der Waals surface area (Å²) in [6.07, 6.45) is 0. The first-order chi connectivity index (χ1) is 13.2. The maximum Gasteiger partial charge on any atom is 0.206 e. The minimum absolute atomic E-state index is 0.235. The molecule has 0 amide bonds. The predicted octanol–water partition coefficient (Wildman–Crippen LogP) is 5.61. The average Bonchev–Trinajstić information content (AvgIpc) is 3.40. The molecule has 0 radical (unpaired) electrons. The first-order valence-electron chi connectivity index (χ1n) is 8.11. The number of aromatic nitrogens is 3. The van der Waals surface area contributed by atoms with Crippen LogP contribution in [0.3, 0.4) is 0 Å². The number of thioether (sulfide) groups is 1. The molecule has 0 aliphatic carbocycles. The summed E-state index contributed by atoms with van der Waals surface area (Å²) in [7, 11) is 0. The zero-order valence-electron chi connectivity index (χ0n) is 14.3. The first kappa shape index (κ1) is 18.1. The van der Waals surface area contributed by atoms with Crippen LogP contribution in [-0.2, 0) is 12.3 Å². The molecule has 0 aliphatic heterocycles. The molecule has 1 N–H and O–H groups in total. The van der Waals surface area contributed by atoms with Crippen molar-refractivity contribution in [3.63, 3.8) is 0 Å². The molecule has 0 fully saturated rings. The van der Waals surface area contributed by atoms with Crippen LogP contribution in [0, 0.1) is 12.7 Å². The molecule has 138 valence electrons. The number of hydrogen-bond donors (Lipinski definition) is 1. The molecule has 0 unspecified atom stereocenters. The highest BCUT2D eigenvalue weighted by molar-refractivity contribution is 8.00. The standard InChI is InChI=1S/C18H15FN4OS3/c1-11-2-7-15(24-11)16-21-14(9-25-16)10-26-18-23-22-17(27-18)20-8-12-3-5-13(19)6-4-12/h2-7,9H,8,10H2,1H3,(H,20,22). The Bertz CT molecular complexity index is 1030. The van der Waals surface area contributed by atoms with E-state index < -0.39 is 0 Å². The van der Waals surface area contributed by atoms with Crippen LogP contribution >= 0.6 is 34.4 Å². The number of nitrogens with zero attached hydrogens (tertiary/aromatic N) is 3. The number of nitrogens with one attached hydrogen (secondary N) is 1. The van der Waals surface area contributed by atoms with Crippen LogP contribution in [0.4, 0.5) is 9.52 Å². The highest BCUT2D eigenvalue weighted by Gasteiger charge is 2.10. The van der Waals surface area contributed by atoms with Gasteiger partial charge in [0.25, 0.3) is 0 Å². The van der Waals surface area contributed by atoms with Crippen LogP contribution in [0.15, 0.2) is 50.5 Å². The molecule has 0 spiro atoms. The molecule has 1 aromatic carbocycles. The second kappa shape index (κ2) is 8.20. The van der Waals surface area contributed by atoms with E-state index in [2.05, 4.69) is 20.5 Å². The Morgan fingerprint density at radius 3 is 2.78 bits per heavy atom. The number of aryl methyl sites for hydroxylation is 1. The van der Waals surface area contributed by atoms with Gasteiger partial charge in [0.2, 0.25) is 5.13 Å². The summed E-state index contributed by atoms with van der Waals surface area (Å²) in [6.45, 7) is 2.50. The third kappa shape index (κ3) is 4.74. The van der Waals surface area contributed by atoms with Crippen molar-refractivity contribution in [1.82, 2.24) is 15.2 Å². The van der Waals surface area contributed by atoms with Crippen molar-refractivity contribution in [3.8, 4) is 10.8 Å². The second-order valence-corrected chi connectivity index (χ2v) is 8.75. The van der Waals surface area contributed by atoms with Gasteiger partial charge in [-0.2, -0.15) is 0 Å². The van der Waals surface area contributed by atoms with Crippen molar-refractivity contribution in [3.05, 3.63) is 64.6 Å². The van der Waals surface area contributed by atoms with Gasteiger partial charge in [-0.15, -0.1) is 21.5 Å². The van der Waals surface area contributed by atoms with Crippen molar-refractivity contribution in [1.29, 1.82) is 0 Å². The van der Waals surface area contributed by atoms with Gasteiger partial charge in [0.15, 0.2) is 15.1 Å². The van der Waals surface area contributed by atoms with E-state index in [0.29, 0.717) is 6.54 Å². The molecule has 9 heteroatoms. The fourth-order valence-corrected chi connectivity index (χ4v) is 4.82. The van der Waals surface area contributed by atoms with Crippen molar-refractivity contribution in [2.75, 3.05) is 5.32 Å². The molecule has 0 atom stereocenters. The molecule has 3 heterocycles. The molecular weight excluding hydrogens is 403 g/mol. The Morgan fingerprint density at radius 2 is 2.00 bits per heavy atom. The van der Waals surface area contributed by atoms with E-state index in [1.807, 2.05) is 24.4 Å². The topological polar surface area (TPSA) is 63.8 Å². The molecule has 0 aliphatic rings. The van der Waals surface area contributed by atoms with Gasteiger partial charge in [-0.05, 0) is 36.8 Å². The predicted molar refractivity (Wildman–Crippen MR) is 108 cm³/mol. The first-order valence-corrected chi connectivity index (χ1v) is 10.8. The van der Waals surface area contributed by atoms with Crippen molar-refractivity contribution in [2.45, 2.75) is 23.6 Å². The van der Waals surface area contributed by atoms with E-state index in [4.69, 9.17) is 4.42 Å². The SMILES string of the molecule is Cc1ccc(-c2nc(CSc3nnc(NCc4ccc(F)cc4)s3)cs2)o1. The molecule has 4 rings (SSSR count). The van der Waals surface area contributed by atoms with Crippen molar-refractivity contribution < 1.29 is 8.81 Å². The molecule has 0 saturated heterocycles. The van der Waals surface area contributed by atoms with E-state index in [1.54, 1.807) is 35.2 Å². The largest absolute Gasteiger partial charge is 0.459 e. The van der Waals surface area contributed by atoms with Gasteiger partial charge in [-0.1, -0.05) is 35.2 Å². The Balaban J connectivity index is 1.30. The Labute approximate surface area is 167 Å². The summed E-state index contributed by atoms with van der Waals surface area (Å²) in [4.78, 5) is 4.61. The number of anilines is 1. The molecule has 3 aromatic heterocycles. The maximum absolute atomic E-state index is 12.9. The van der Waals surface area contributed by atoms with Crippen molar-refractivity contribution in [2.24, 2.45) is 0 Å². The fourth-order valence-electron chi connectivity index (χ4n) is 2.29. The molecular formula is C18H15FN4OS3. The molecule has 4 aromatic rings. The van der Waals surface area contributed by atoms with Gasteiger partial charge in [0, 0.05) is 17.7 Å². The van der Waals surface area contributed by atoms with Crippen LogP contribution in [-0.4, -0.2) is 15.2 Å². The second-order valence-electron chi connectivity index (χ2n) is 5.70. The van der Waals surface area contributed by atoms with E-state index in [1.165, 1.54) is 23.5 Å². The molecule has 0 saturated carbocycles. The molecule has 0 bridgehead atoms. The lowest BCUT2D eigenvalue weighted by atomic mass is 10.2. The van der Waals surface area contributed by atoms with Gasteiger partial charge in [0.1, 0.15) is 11.6 Å². The third-order valence-corrected chi connectivity index (χ3v) is 6.56. The number of hydrogen-bond acceptors (Lipinski definition) is 8. The monoisotopic (exact) mass is 418 g/mol. The summed E-state index contributed by atoms with van der Waals surface area (Å²) in [5.41, 5.74) is 1.98. The van der Waals surface area contributed by atoms with Crippen LogP contribution in [0.25, 0.3) is 10.8 Å². The van der Waals surface area contributed by atoms with E-state index in [0.717, 1.165) is 43.0 Å². The van der Waals surface area contributed by atoms with E-state index in [9.17, 15) is 4.39 Å². The summed E-state index contributed by atoms with van der Waals surface area (Å²) >= 11 is 4.67. The molecule has 5 nitrogen and oxygen atoms in total. The lowest BCUT2D eigenvalue weighted by molar-refractivity contribution is 0.548. The summed E-state index contributed by atoms with van der Waals surface area (Å²) in [5.74, 6) is 2.17. The zero-order chi connectivity index (χ0) is 18.6.